The minimum Gasteiger partial charge on any atom is -0.385 e. The molecular formula is C11H21BrN2OS. The third-order valence-corrected chi connectivity index (χ3v) is 3.29. The van der Waals surface area contributed by atoms with Gasteiger partial charge in [-0.2, -0.15) is 0 Å². The van der Waals surface area contributed by atoms with E-state index in [4.69, 9.17) is 10.5 Å². The van der Waals surface area contributed by atoms with Crippen molar-refractivity contribution in [3.8, 4) is 0 Å². The van der Waals surface area contributed by atoms with Crippen LogP contribution >= 0.6 is 28.7 Å². The van der Waals surface area contributed by atoms with Crippen LogP contribution in [-0.2, 0) is 4.74 Å². The number of ether oxygens (including phenoxy) is 1. The summed E-state index contributed by atoms with van der Waals surface area (Å²) in [5.74, 6) is 1.02. The number of rotatable bonds is 7. The number of halogens is 1. The fourth-order valence-corrected chi connectivity index (χ4v) is 2.16. The summed E-state index contributed by atoms with van der Waals surface area (Å²) in [5.41, 5.74) is 6.98. The van der Waals surface area contributed by atoms with E-state index in [2.05, 4.69) is 4.99 Å². The van der Waals surface area contributed by atoms with Crippen LogP contribution in [0.5, 0.6) is 0 Å². The van der Waals surface area contributed by atoms with E-state index < -0.39 is 0 Å². The van der Waals surface area contributed by atoms with E-state index in [1.165, 1.54) is 31.3 Å². The van der Waals surface area contributed by atoms with Crippen LogP contribution in [0.2, 0.25) is 0 Å². The van der Waals surface area contributed by atoms with Crippen LogP contribution in [-0.4, -0.2) is 24.6 Å². The second-order valence-corrected chi connectivity index (χ2v) is 4.70. The van der Waals surface area contributed by atoms with Crippen molar-refractivity contribution in [3.05, 3.63) is 11.8 Å². The summed E-state index contributed by atoms with van der Waals surface area (Å²) in [7, 11) is 1.76. The number of aliphatic imine (C=N–C) groups is 1. The van der Waals surface area contributed by atoms with Crippen molar-refractivity contribution in [2.75, 3.05) is 19.5 Å². The van der Waals surface area contributed by atoms with Crippen molar-refractivity contribution in [1.82, 2.24) is 0 Å². The molecule has 0 spiro atoms. The average molecular weight is 309 g/mol. The number of hydrogen-bond donors (Lipinski definition) is 1. The molecule has 0 aromatic heterocycles. The lowest BCUT2D eigenvalue weighted by atomic mass is 10.1. The number of unbranched alkanes of at least 4 members (excludes halogenated alkanes) is 3. The first-order chi connectivity index (χ1) is 7.33. The summed E-state index contributed by atoms with van der Waals surface area (Å²) in [6.07, 6.45) is 8.07. The second-order valence-electron chi connectivity index (χ2n) is 3.70. The minimum atomic E-state index is 0. The molecule has 0 saturated carbocycles. The molecular weight excluding hydrogens is 288 g/mol. The zero-order valence-corrected chi connectivity index (χ0v) is 12.3. The van der Waals surface area contributed by atoms with Gasteiger partial charge in [-0.15, -0.1) is 17.0 Å². The SMILES string of the molecule is Br.COCCCCCCC1=CN=C(N)SC1. The molecule has 1 aliphatic rings. The highest BCUT2D eigenvalue weighted by molar-refractivity contribution is 8.93. The van der Waals surface area contributed by atoms with E-state index in [0.29, 0.717) is 5.17 Å². The van der Waals surface area contributed by atoms with Gasteiger partial charge >= 0.3 is 0 Å². The fraction of sp³-hybridized carbons (Fsp3) is 0.727. The summed E-state index contributed by atoms with van der Waals surface area (Å²) < 4.78 is 5.00. The smallest absolute Gasteiger partial charge is 0.158 e. The average Bonchev–Trinajstić information content (AvgIpc) is 2.26. The molecule has 3 nitrogen and oxygen atoms in total. The van der Waals surface area contributed by atoms with Crippen molar-refractivity contribution in [2.45, 2.75) is 32.1 Å². The summed E-state index contributed by atoms with van der Waals surface area (Å²) in [6, 6.07) is 0. The van der Waals surface area contributed by atoms with Gasteiger partial charge in [-0.25, -0.2) is 4.99 Å². The lowest BCUT2D eigenvalue weighted by molar-refractivity contribution is 0.192. The third kappa shape index (κ3) is 7.30. The highest BCUT2D eigenvalue weighted by Crippen LogP contribution is 2.19. The normalized spacial score (nSPS) is 15.1. The Hall–Kier alpha value is -0.0000000000000000555. The molecule has 0 radical (unpaired) electrons. The lowest BCUT2D eigenvalue weighted by Gasteiger charge is -2.10. The van der Waals surface area contributed by atoms with Crippen LogP contribution < -0.4 is 5.73 Å². The fourth-order valence-electron chi connectivity index (χ4n) is 1.48. The van der Waals surface area contributed by atoms with E-state index in [1.807, 2.05) is 6.20 Å². The maximum Gasteiger partial charge on any atom is 0.158 e. The molecule has 0 saturated heterocycles. The predicted molar refractivity (Wildman–Crippen MR) is 77.4 cm³/mol. The molecule has 0 aromatic rings. The Morgan fingerprint density at radius 1 is 1.38 bits per heavy atom. The third-order valence-electron chi connectivity index (χ3n) is 2.38. The van der Waals surface area contributed by atoms with Crippen molar-refractivity contribution in [3.63, 3.8) is 0 Å². The van der Waals surface area contributed by atoms with Crippen LogP contribution in [0.25, 0.3) is 0 Å². The van der Waals surface area contributed by atoms with Crippen LogP contribution in [0.1, 0.15) is 32.1 Å². The van der Waals surface area contributed by atoms with E-state index >= 15 is 0 Å². The Balaban J connectivity index is 0.00000225. The van der Waals surface area contributed by atoms with Gasteiger partial charge in [-0.05, 0) is 24.8 Å². The van der Waals surface area contributed by atoms with Crippen LogP contribution in [0.4, 0.5) is 0 Å². The largest absolute Gasteiger partial charge is 0.385 e. The van der Waals surface area contributed by atoms with Gasteiger partial charge in [-0.3, -0.25) is 0 Å². The number of thioether (sulfide) groups is 1. The molecule has 0 fully saturated rings. The molecule has 16 heavy (non-hydrogen) atoms. The minimum absolute atomic E-state index is 0. The Labute approximate surface area is 113 Å². The van der Waals surface area contributed by atoms with E-state index in [0.717, 1.165) is 18.8 Å². The van der Waals surface area contributed by atoms with E-state index in [1.54, 1.807) is 18.9 Å². The molecule has 0 bridgehead atoms. The van der Waals surface area contributed by atoms with Crippen molar-refractivity contribution >= 4 is 33.9 Å². The molecule has 1 heterocycles. The molecule has 1 aliphatic heterocycles. The van der Waals surface area contributed by atoms with Gasteiger partial charge in [0.1, 0.15) is 0 Å². The first kappa shape index (κ1) is 16.0. The molecule has 0 aromatic carbocycles. The van der Waals surface area contributed by atoms with Gasteiger partial charge in [-0.1, -0.05) is 24.6 Å². The Bertz CT molecular complexity index is 244. The molecule has 2 N–H and O–H groups in total. The zero-order chi connectivity index (χ0) is 10.9. The van der Waals surface area contributed by atoms with Gasteiger partial charge < -0.3 is 10.5 Å². The molecule has 0 unspecified atom stereocenters. The summed E-state index contributed by atoms with van der Waals surface area (Å²) in [5, 5.41) is 0.693. The summed E-state index contributed by atoms with van der Waals surface area (Å²) >= 11 is 1.64. The van der Waals surface area contributed by atoms with Gasteiger partial charge in [0, 0.05) is 25.7 Å². The quantitative estimate of drug-likeness (QED) is 0.735. The second kappa shape index (κ2) is 10.2. The molecule has 0 aliphatic carbocycles. The first-order valence-corrected chi connectivity index (χ1v) is 6.44. The van der Waals surface area contributed by atoms with Gasteiger partial charge in [0.2, 0.25) is 0 Å². The maximum atomic E-state index is 5.56. The van der Waals surface area contributed by atoms with Crippen molar-refractivity contribution < 1.29 is 4.74 Å². The van der Waals surface area contributed by atoms with Gasteiger partial charge in [0.15, 0.2) is 5.17 Å². The number of nitrogens with zero attached hydrogens (tertiary/aromatic N) is 1. The highest BCUT2D eigenvalue weighted by atomic mass is 79.9. The van der Waals surface area contributed by atoms with Crippen molar-refractivity contribution in [1.29, 1.82) is 0 Å². The highest BCUT2D eigenvalue weighted by Gasteiger charge is 2.04. The molecule has 0 amide bonds. The summed E-state index contributed by atoms with van der Waals surface area (Å²) in [4.78, 5) is 4.11. The van der Waals surface area contributed by atoms with E-state index in [9.17, 15) is 0 Å². The molecule has 5 heteroatoms. The van der Waals surface area contributed by atoms with Crippen molar-refractivity contribution in [2.24, 2.45) is 10.7 Å². The Kier molecular flexibility index (Phi) is 10.2. The van der Waals surface area contributed by atoms with Crippen LogP contribution in [0, 0.1) is 0 Å². The maximum absolute atomic E-state index is 5.56. The number of methoxy groups -OCH3 is 1. The van der Waals surface area contributed by atoms with E-state index in [-0.39, 0.29) is 17.0 Å². The summed E-state index contributed by atoms with van der Waals surface area (Å²) in [6.45, 7) is 0.888. The Morgan fingerprint density at radius 2 is 2.12 bits per heavy atom. The number of hydrogen-bond acceptors (Lipinski definition) is 4. The van der Waals surface area contributed by atoms with Gasteiger partial charge in [0.05, 0.1) is 0 Å². The van der Waals surface area contributed by atoms with Crippen LogP contribution in [0.3, 0.4) is 0 Å². The lowest BCUT2D eigenvalue weighted by Crippen LogP contribution is -2.10. The number of amidine groups is 1. The first-order valence-electron chi connectivity index (χ1n) is 5.46. The standard InChI is InChI=1S/C11H20N2OS.BrH/c1-14-7-5-3-2-4-6-10-8-13-11(12)15-9-10;/h8H,2-7,9H2,1H3,(H2,12,13);1H. The monoisotopic (exact) mass is 308 g/mol. The number of nitrogens with two attached hydrogens (primary N) is 1. The topological polar surface area (TPSA) is 47.6 Å². The molecule has 94 valence electrons. The predicted octanol–water partition coefficient (Wildman–Crippen LogP) is 3.11. The van der Waals surface area contributed by atoms with Crippen LogP contribution in [0.15, 0.2) is 16.8 Å². The zero-order valence-electron chi connectivity index (χ0n) is 9.78. The van der Waals surface area contributed by atoms with Gasteiger partial charge in [0.25, 0.3) is 0 Å². The molecule has 0 atom stereocenters. The Morgan fingerprint density at radius 3 is 2.75 bits per heavy atom. The molecule has 1 rings (SSSR count).